The van der Waals surface area contributed by atoms with Crippen LogP contribution in [0.5, 0.6) is 6.01 Å². The van der Waals surface area contributed by atoms with Gasteiger partial charge in [0.15, 0.2) is 5.65 Å². The maximum absolute atomic E-state index is 10.2. The number of fused-ring (bicyclic) bond motifs is 3. The average molecular weight is 391 g/mol. The minimum absolute atomic E-state index is 0.133. The minimum Gasteiger partial charge on any atom is -0.479 e. The maximum atomic E-state index is 10.2. The zero-order valence-corrected chi connectivity index (χ0v) is 16.3. The topological polar surface area (TPSA) is 63.3 Å². The first-order valence-electron chi connectivity index (χ1n) is 10.2. The van der Waals surface area contributed by atoms with Crippen molar-refractivity contribution in [1.82, 2.24) is 19.6 Å². The molecule has 0 spiro atoms. The van der Waals surface area contributed by atoms with E-state index in [4.69, 9.17) is 4.98 Å². The van der Waals surface area contributed by atoms with E-state index in [2.05, 4.69) is 52.7 Å². The molecule has 1 aliphatic carbocycles. The lowest BCUT2D eigenvalue weighted by molar-refractivity contribution is 0.427. The van der Waals surface area contributed by atoms with E-state index in [1.54, 1.807) is 10.3 Å². The SMILES string of the molecule is Oc1nnc2ccc3nc(-c4ccc([C]5CCC5)cc4)c(-c4ccccc4)cc3n12. The molecule has 3 heterocycles. The van der Waals surface area contributed by atoms with Gasteiger partial charge in [-0.05, 0) is 42.2 Å². The molecule has 5 nitrogen and oxygen atoms in total. The van der Waals surface area contributed by atoms with Gasteiger partial charge >= 0.3 is 6.01 Å². The van der Waals surface area contributed by atoms with Crippen LogP contribution in [0.4, 0.5) is 0 Å². The number of benzene rings is 2. The summed E-state index contributed by atoms with van der Waals surface area (Å²) in [4.78, 5) is 5.01. The Morgan fingerprint density at radius 1 is 0.767 bits per heavy atom. The van der Waals surface area contributed by atoms with Crippen molar-refractivity contribution < 1.29 is 5.11 Å². The highest BCUT2D eigenvalue weighted by molar-refractivity contribution is 5.91. The lowest BCUT2D eigenvalue weighted by Crippen LogP contribution is -2.09. The molecule has 5 heteroatoms. The third kappa shape index (κ3) is 2.66. The third-order valence-electron chi connectivity index (χ3n) is 5.94. The molecule has 1 saturated carbocycles. The fourth-order valence-electron chi connectivity index (χ4n) is 4.16. The Labute approximate surface area is 173 Å². The van der Waals surface area contributed by atoms with Crippen molar-refractivity contribution in [2.45, 2.75) is 19.3 Å². The summed E-state index contributed by atoms with van der Waals surface area (Å²) in [5.74, 6) is 1.54. The number of nitrogens with zero attached hydrogens (tertiary/aromatic N) is 4. The molecule has 3 aromatic heterocycles. The zero-order chi connectivity index (χ0) is 20.1. The van der Waals surface area contributed by atoms with Crippen LogP contribution in [0.25, 0.3) is 39.1 Å². The number of aromatic hydroxyl groups is 1. The summed E-state index contributed by atoms with van der Waals surface area (Å²) in [6.07, 6.45) is 3.72. The van der Waals surface area contributed by atoms with Crippen LogP contribution in [-0.2, 0) is 0 Å². The molecular formula is C25H19N4O. The van der Waals surface area contributed by atoms with E-state index in [0.717, 1.165) is 33.4 Å². The molecular weight excluding hydrogens is 372 g/mol. The normalized spacial score (nSPS) is 14.3. The molecule has 0 atom stereocenters. The summed E-state index contributed by atoms with van der Waals surface area (Å²) < 4.78 is 1.63. The number of hydrogen-bond acceptors (Lipinski definition) is 4. The second-order valence-electron chi connectivity index (χ2n) is 7.72. The second kappa shape index (κ2) is 6.66. The first kappa shape index (κ1) is 17.2. The van der Waals surface area contributed by atoms with Crippen molar-refractivity contribution in [2.24, 2.45) is 0 Å². The number of pyridine rings is 2. The Bertz CT molecular complexity index is 1370. The molecule has 0 unspecified atom stereocenters. The van der Waals surface area contributed by atoms with Gasteiger partial charge in [-0.1, -0.05) is 66.1 Å². The van der Waals surface area contributed by atoms with Crippen molar-refractivity contribution in [2.75, 3.05) is 0 Å². The monoisotopic (exact) mass is 391 g/mol. The van der Waals surface area contributed by atoms with E-state index >= 15 is 0 Å². The van der Waals surface area contributed by atoms with E-state index in [0.29, 0.717) is 5.65 Å². The summed E-state index contributed by atoms with van der Waals surface area (Å²) in [6, 6.07) is 24.6. The lowest BCUT2D eigenvalue weighted by atomic mass is 9.80. The van der Waals surface area contributed by atoms with Crippen molar-refractivity contribution >= 4 is 16.7 Å². The van der Waals surface area contributed by atoms with Crippen LogP contribution in [0.3, 0.4) is 0 Å². The largest absolute Gasteiger partial charge is 0.479 e. The Morgan fingerprint density at radius 3 is 2.27 bits per heavy atom. The van der Waals surface area contributed by atoms with Crippen LogP contribution in [0, 0.1) is 5.92 Å². The maximum Gasteiger partial charge on any atom is 0.319 e. The van der Waals surface area contributed by atoms with E-state index in [1.165, 1.54) is 24.8 Å². The molecule has 0 bridgehead atoms. The van der Waals surface area contributed by atoms with Crippen LogP contribution in [0.15, 0.2) is 72.8 Å². The molecule has 1 fully saturated rings. The fraction of sp³-hybridized carbons (Fsp3) is 0.120. The number of rotatable bonds is 3. The van der Waals surface area contributed by atoms with Crippen LogP contribution in [0.2, 0.25) is 0 Å². The Morgan fingerprint density at radius 2 is 1.53 bits per heavy atom. The van der Waals surface area contributed by atoms with Gasteiger partial charge in [0.1, 0.15) is 0 Å². The van der Waals surface area contributed by atoms with Crippen LogP contribution < -0.4 is 0 Å². The van der Waals surface area contributed by atoms with Gasteiger partial charge in [-0.2, -0.15) is 0 Å². The highest BCUT2D eigenvalue weighted by Gasteiger charge is 2.20. The summed E-state index contributed by atoms with van der Waals surface area (Å²) in [5, 5.41) is 18.1. The van der Waals surface area contributed by atoms with E-state index < -0.39 is 0 Å². The second-order valence-corrected chi connectivity index (χ2v) is 7.72. The van der Waals surface area contributed by atoms with Crippen LogP contribution in [-0.4, -0.2) is 24.7 Å². The molecule has 1 aliphatic rings. The number of aromatic nitrogens is 4. The van der Waals surface area contributed by atoms with Gasteiger partial charge in [-0.3, -0.25) is 0 Å². The Kier molecular flexibility index (Phi) is 3.81. The first-order chi connectivity index (χ1) is 14.8. The molecule has 0 saturated heterocycles. The standard InChI is InChI=1S/C25H19N4O/c30-25-28-27-23-14-13-21-22(29(23)25)15-20(18-5-2-1-3-6-18)24(26-21)19-11-9-17(10-12-19)16-7-4-8-16/h1-3,5-6,9-15H,4,7-8H2,(H,28,30). The minimum atomic E-state index is -0.133. The van der Waals surface area contributed by atoms with Crippen molar-refractivity contribution in [3.05, 3.63) is 84.3 Å². The molecule has 0 amide bonds. The molecule has 1 radical (unpaired) electrons. The Balaban J connectivity index is 1.60. The predicted molar refractivity (Wildman–Crippen MR) is 117 cm³/mol. The van der Waals surface area contributed by atoms with E-state index in [-0.39, 0.29) is 6.01 Å². The van der Waals surface area contributed by atoms with Gasteiger partial charge in [0, 0.05) is 17.0 Å². The Hall–Kier alpha value is -3.73. The molecule has 6 rings (SSSR count). The van der Waals surface area contributed by atoms with Gasteiger partial charge in [0.05, 0.1) is 16.7 Å². The zero-order valence-electron chi connectivity index (χ0n) is 16.3. The quantitative estimate of drug-likeness (QED) is 0.446. The van der Waals surface area contributed by atoms with Crippen molar-refractivity contribution in [3.63, 3.8) is 0 Å². The molecule has 1 N–H and O–H groups in total. The summed E-state index contributed by atoms with van der Waals surface area (Å²) in [6.45, 7) is 0. The molecule has 145 valence electrons. The molecule has 0 aliphatic heterocycles. The smallest absolute Gasteiger partial charge is 0.319 e. The summed E-state index contributed by atoms with van der Waals surface area (Å²) in [5.41, 5.74) is 7.57. The van der Waals surface area contributed by atoms with Gasteiger partial charge < -0.3 is 5.11 Å². The van der Waals surface area contributed by atoms with E-state index in [9.17, 15) is 5.11 Å². The van der Waals surface area contributed by atoms with Gasteiger partial charge in [0.2, 0.25) is 0 Å². The van der Waals surface area contributed by atoms with E-state index in [1.807, 2.05) is 30.3 Å². The predicted octanol–water partition coefficient (Wildman–Crippen LogP) is 5.42. The van der Waals surface area contributed by atoms with Gasteiger partial charge in [0.25, 0.3) is 0 Å². The summed E-state index contributed by atoms with van der Waals surface area (Å²) in [7, 11) is 0. The highest BCUT2D eigenvalue weighted by Crippen LogP contribution is 2.38. The first-order valence-corrected chi connectivity index (χ1v) is 10.2. The molecule has 30 heavy (non-hydrogen) atoms. The fourth-order valence-corrected chi connectivity index (χ4v) is 4.16. The lowest BCUT2D eigenvalue weighted by Gasteiger charge is -2.25. The average Bonchev–Trinajstić information content (AvgIpc) is 3.14. The van der Waals surface area contributed by atoms with Crippen LogP contribution in [0.1, 0.15) is 24.8 Å². The van der Waals surface area contributed by atoms with Crippen LogP contribution >= 0.6 is 0 Å². The highest BCUT2D eigenvalue weighted by atomic mass is 16.3. The third-order valence-corrected chi connectivity index (χ3v) is 5.94. The van der Waals surface area contributed by atoms with Crippen molar-refractivity contribution in [1.29, 1.82) is 0 Å². The molecule has 5 aromatic rings. The number of hydrogen-bond donors (Lipinski definition) is 1. The van der Waals surface area contributed by atoms with Crippen molar-refractivity contribution in [3.8, 4) is 28.4 Å². The van der Waals surface area contributed by atoms with Gasteiger partial charge in [-0.25, -0.2) is 9.38 Å². The summed E-state index contributed by atoms with van der Waals surface area (Å²) >= 11 is 0. The molecule has 2 aromatic carbocycles. The van der Waals surface area contributed by atoms with Gasteiger partial charge in [-0.15, -0.1) is 5.10 Å².